The van der Waals surface area contributed by atoms with Gasteiger partial charge in [0.2, 0.25) is 0 Å². The molecule has 2 N–H and O–H groups in total. The zero-order valence-electron chi connectivity index (χ0n) is 17.6. The van der Waals surface area contributed by atoms with Crippen LogP contribution < -0.4 is 10.0 Å². The second-order valence-electron chi connectivity index (χ2n) is 8.49. The smallest absolute Gasteiger partial charge is 0.307 e. The Bertz CT molecular complexity index is 905. The highest BCUT2D eigenvalue weighted by Gasteiger charge is 2.25. The van der Waals surface area contributed by atoms with Crippen molar-refractivity contribution in [1.82, 2.24) is 9.62 Å². The van der Waals surface area contributed by atoms with E-state index in [1.54, 1.807) is 6.08 Å². The monoisotopic (exact) mass is 449 g/mol. The summed E-state index contributed by atoms with van der Waals surface area (Å²) in [6.07, 6.45) is 10.0. The van der Waals surface area contributed by atoms with Gasteiger partial charge in [-0.25, -0.2) is 17.9 Å². The van der Waals surface area contributed by atoms with Crippen molar-refractivity contribution in [3.05, 3.63) is 39.8 Å². The third kappa shape index (κ3) is 5.03. The van der Waals surface area contributed by atoms with E-state index in [9.17, 15) is 13.2 Å². The first kappa shape index (κ1) is 21.7. The third-order valence-electron chi connectivity index (χ3n) is 6.43. The van der Waals surface area contributed by atoms with Crippen molar-refractivity contribution in [1.29, 1.82) is 0 Å². The number of rotatable bonds is 6. The minimum atomic E-state index is -3.83. The van der Waals surface area contributed by atoms with Crippen molar-refractivity contribution in [2.24, 2.45) is 0 Å². The Morgan fingerprint density at radius 1 is 1.13 bits per heavy atom. The molecule has 0 bridgehead atoms. The summed E-state index contributed by atoms with van der Waals surface area (Å²) in [6.45, 7) is 0.553. The fraction of sp³-hybridized carbons (Fsp3) is 0.591. The van der Waals surface area contributed by atoms with E-state index in [0.29, 0.717) is 12.6 Å². The van der Waals surface area contributed by atoms with Crippen LogP contribution in [0.3, 0.4) is 0 Å². The van der Waals surface area contributed by atoms with Crippen LogP contribution in [-0.4, -0.2) is 50.5 Å². The first-order valence-electron chi connectivity index (χ1n) is 10.9. The van der Waals surface area contributed by atoms with E-state index in [1.165, 1.54) is 22.3 Å². The van der Waals surface area contributed by atoms with Crippen LogP contribution in [-0.2, 0) is 35.7 Å². The van der Waals surface area contributed by atoms with E-state index in [1.807, 2.05) is 18.8 Å². The van der Waals surface area contributed by atoms with Crippen molar-refractivity contribution >= 4 is 33.5 Å². The van der Waals surface area contributed by atoms with Crippen LogP contribution in [0.2, 0.25) is 0 Å². The highest BCUT2D eigenvalue weighted by atomic mass is 32.2. The maximum Gasteiger partial charge on any atom is 0.333 e. The molecule has 1 saturated heterocycles. The van der Waals surface area contributed by atoms with Crippen LogP contribution in [0.1, 0.15) is 47.9 Å². The Labute approximate surface area is 183 Å². The van der Waals surface area contributed by atoms with E-state index >= 15 is 0 Å². The van der Waals surface area contributed by atoms with E-state index in [0.717, 1.165) is 74.0 Å². The summed E-state index contributed by atoms with van der Waals surface area (Å²) in [5.74, 6) is 2.32. The molecule has 1 aliphatic heterocycles. The van der Waals surface area contributed by atoms with Crippen LogP contribution in [0.5, 0.6) is 0 Å². The average Bonchev–Trinajstić information content (AvgIpc) is 3.37. The Morgan fingerprint density at radius 3 is 2.40 bits per heavy atom. The summed E-state index contributed by atoms with van der Waals surface area (Å²) in [4.78, 5) is 14.7. The summed E-state index contributed by atoms with van der Waals surface area (Å²) in [5.41, 5.74) is 5.83. The molecule has 1 aromatic carbocycles. The molecule has 6 nitrogen and oxygen atoms in total. The van der Waals surface area contributed by atoms with Crippen LogP contribution >= 0.6 is 11.8 Å². The summed E-state index contributed by atoms with van der Waals surface area (Å²) in [5, 5.41) is 3.99. The van der Waals surface area contributed by atoms with Crippen molar-refractivity contribution in [2.45, 2.75) is 57.4 Å². The highest BCUT2D eigenvalue weighted by Crippen LogP contribution is 2.38. The lowest BCUT2D eigenvalue weighted by Crippen LogP contribution is -2.35. The van der Waals surface area contributed by atoms with E-state index in [2.05, 4.69) is 21.0 Å². The van der Waals surface area contributed by atoms with Gasteiger partial charge >= 0.3 is 6.03 Å². The number of nitrogens with one attached hydrogen (secondary N) is 2. The zero-order chi connectivity index (χ0) is 21.1. The number of carbonyl (C=O) groups excluding carboxylic acids is 1. The fourth-order valence-electron chi connectivity index (χ4n) is 4.88. The summed E-state index contributed by atoms with van der Waals surface area (Å²) < 4.78 is 26.9. The van der Waals surface area contributed by atoms with Gasteiger partial charge in [0.05, 0.1) is 0 Å². The van der Waals surface area contributed by atoms with Gasteiger partial charge in [-0.05, 0) is 92.2 Å². The Morgan fingerprint density at radius 2 is 1.77 bits per heavy atom. The van der Waals surface area contributed by atoms with Crippen molar-refractivity contribution < 1.29 is 13.2 Å². The average molecular weight is 450 g/mol. The SMILES string of the molecule is CN(C/C=C/S(=O)(=O)NC(=O)Nc1c2c(cc3c1CCC3)CCC2)C1CCSCC1. The minimum absolute atomic E-state index is 0.497. The number of nitrogens with zero attached hydrogens (tertiary/aromatic N) is 1. The Hall–Kier alpha value is -1.51. The van der Waals surface area contributed by atoms with E-state index < -0.39 is 16.1 Å². The molecule has 0 atom stereocenters. The van der Waals surface area contributed by atoms with Crippen molar-refractivity contribution in [3.63, 3.8) is 0 Å². The molecule has 0 spiro atoms. The molecule has 1 heterocycles. The van der Waals surface area contributed by atoms with Gasteiger partial charge in [-0.3, -0.25) is 4.90 Å². The summed E-state index contributed by atoms with van der Waals surface area (Å²) in [7, 11) is -1.81. The Balaban J connectivity index is 1.37. The molecule has 30 heavy (non-hydrogen) atoms. The molecule has 0 saturated carbocycles. The molecule has 2 aliphatic carbocycles. The fourth-order valence-corrected chi connectivity index (χ4v) is 6.68. The number of sulfonamides is 1. The predicted octanol–water partition coefficient (Wildman–Crippen LogP) is 3.46. The van der Waals surface area contributed by atoms with Gasteiger partial charge in [0, 0.05) is 23.7 Å². The topological polar surface area (TPSA) is 78.5 Å². The van der Waals surface area contributed by atoms with Crippen molar-refractivity contribution in [2.75, 3.05) is 30.4 Å². The number of likely N-dealkylation sites (N-methyl/N-ethyl adjacent to an activating group) is 1. The van der Waals surface area contributed by atoms with E-state index in [-0.39, 0.29) is 0 Å². The molecule has 3 aliphatic rings. The normalized spacial score (nSPS) is 19.3. The molecule has 164 valence electrons. The van der Waals surface area contributed by atoms with Gasteiger partial charge in [0.1, 0.15) is 0 Å². The number of anilines is 1. The van der Waals surface area contributed by atoms with Gasteiger partial charge in [-0.1, -0.05) is 12.1 Å². The molecule has 2 amide bonds. The number of hydrogen-bond acceptors (Lipinski definition) is 5. The predicted molar refractivity (Wildman–Crippen MR) is 124 cm³/mol. The van der Waals surface area contributed by atoms with Crippen LogP contribution in [0, 0.1) is 0 Å². The maximum absolute atomic E-state index is 12.5. The molecule has 1 fully saturated rings. The van der Waals surface area contributed by atoms with E-state index in [4.69, 9.17) is 0 Å². The lowest BCUT2D eigenvalue weighted by atomic mass is 9.99. The first-order valence-corrected chi connectivity index (χ1v) is 13.6. The second-order valence-corrected chi connectivity index (χ2v) is 11.3. The van der Waals surface area contributed by atoms with Gasteiger partial charge in [0.25, 0.3) is 10.0 Å². The molecular weight excluding hydrogens is 418 g/mol. The number of carbonyl (C=O) groups is 1. The third-order valence-corrected chi connectivity index (χ3v) is 8.50. The standard InChI is InChI=1S/C22H31N3O3S2/c1-25(18-9-12-29-13-10-18)11-4-14-30(27,28)24-22(26)23-21-19-7-2-5-16(19)15-17-6-3-8-20(17)21/h4,14-15,18H,2-3,5-13H2,1H3,(H2,23,24,26)/b14-4+. The number of amides is 2. The van der Waals surface area contributed by atoms with Crippen LogP contribution in [0.25, 0.3) is 0 Å². The second kappa shape index (κ2) is 9.32. The first-order chi connectivity index (χ1) is 14.4. The molecule has 0 aromatic heterocycles. The minimum Gasteiger partial charge on any atom is -0.307 e. The number of thioether (sulfide) groups is 1. The van der Waals surface area contributed by atoms with Crippen molar-refractivity contribution in [3.8, 4) is 0 Å². The molecule has 8 heteroatoms. The number of urea groups is 1. The molecular formula is C22H31N3O3S2. The highest BCUT2D eigenvalue weighted by molar-refractivity contribution is 7.99. The van der Waals surface area contributed by atoms with Gasteiger partial charge < -0.3 is 5.32 Å². The lowest BCUT2D eigenvalue weighted by Gasteiger charge is -2.29. The molecule has 4 rings (SSSR count). The lowest BCUT2D eigenvalue weighted by molar-refractivity contribution is 0.252. The Kier molecular flexibility index (Phi) is 6.75. The number of hydrogen-bond donors (Lipinski definition) is 2. The van der Waals surface area contributed by atoms with Gasteiger partial charge in [-0.15, -0.1) is 0 Å². The number of aryl methyl sites for hydroxylation is 2. The molecule has 0 radical (unpaired) electrons. The van der Waals surface area contributed by atoms with Gasteiger partial charge in [0.15, 0.2) is 0 Å². The quantitative estimate of drug-likeness (QED) is 0.695. The molecule has 1 aromatic rings. The maximum atomic E-state index is 12.5. The van der Waals surface area contributed by atoms with Crippen LogP contribution in [0.4, 0.5) is 10.5 Å². The molecule has 0 unspecified atom stereocenters. The zero-order valence-corrected chi connectivity index (χ0v) is 19.2. The van der Waals surface area contributed by atoms with Crippen LogP contribution in [0.15, 0.2) is 17.6 Å². The number of fused-ring (bicyclic) bond motifs is 2. The number of benzene rings is 1. The van der Waals surface area contributed by atoms with Gasteiger partial charge in [-0.2, -0.15) is 11.8 Å². The largest absolute Gasteiger partial charge is 0.333 e. The summed E-state index contributed by atoms with van der Waals surface area (Å²) >= 11 is 1.97. The summed E-state index contributed by atoms with van der Waals surface area (Å²) in [6, 6.07) is 2.11.